The van der Waals surface area contributed by atoms with Gasteiger partial charge in [-0.2, -0.15) is 0 Å². The molecule has 21 heteroatoms. The van der Waals surface area contributed by atoms with Crippen molar-refractivity contribution in [1.29, 1.82) is 0 Å². The highest BCUT2D eigenvalue weighted by molar-refractivity contribution is 7.99. The predicted octanol–water partition coefficient (Wildman–Crippen LogP) is 5.54. The average Bonchev–Trinajstić information content (AvgIpc) is 3.24. The molecule has 4 atom stereocenters. The largest absolute Gasteiger partial charge is 0.508 e. The van der Waals surface area contributed by atoms with E-state index in [-0.39, 0.29) is 25.0 Å². The number of nitrogens with two attached hydrogens (primary N) is 5. The zero-order chi connectivity index (χ0) is 53.4. The summed E-state index contributed by atoms with van der Waals surface area (Å²) in [5, 5.41) is 66.6. The van der Waals surface area contributed by atoms with Crippen LogP contribution in [-0.2, 0) is 35.2 Å². The summed E-state index contributed by atoms with van der Waals surface area (Å²) in [5.74, 6) is -5.84. The second-order valence-corrected chi connectivity index (χ2v) is 16.2. The van der Waals surface area contributed by atoms with Gasteiger partial charge >= 0.3 is 35.8 Å². The van der Waals surface area contributed by atoms with E-state index in [9.17, 15) is 33.9 Å². The minimum atomic E-state index is -1.17. The molecule has 0 saturated heterocycles. The Kier molecular flexibility index (Phi) is 42.6. The molecule has 0 aromatic heterocycles. The summed E-state index contributed by atoms with van der Waals surface area (Å²) in [6.07, 6.45) is 13.4. The van der Waals surface area contributed by atoms with Crippen molar-refractivity contribution in [3.63, 3.8) is 0 Å². The Labute approximate surface area is 403 Å². The average molecular weight is 982 g/mol. The van der Waals surface area contributed by atoms with Crippen LogP contribution in [-0.4, -0.2) is 119 Å². The molecular formula is C47H75N5O15S. The molecule has 20 nitrogen and oxygen atoms in total. The maximum absolute atomic E-state index is 11.2. The van der Waals surface area contributed by atoms with E-state index in [1.165, 1.54) is 35.8 Å². The molecule has 68 heavy (non-hydrogen) atoms. The molecule has 0 saturated carbocycles. The molecular weight excluding hydrogens is 907 g/mol. The molecule has 2 aromatic rings. The first-order valence-electron chi connectivity index (χ1n) is 21.3. The first-order valence-corrected chi connectivity index (χ1v) is 22.3. The fourth-order valence-electron chi connectivity index (χ4n) is 4.39. The first kappa shape index (κ1) is 68.5. The number of aromatic hydroxyl groups is 1. The Balaban J connectivity index is -0.000000402. The molecule has 0 amide bonds. The second kappa shape index (κ2) is 42.3. The number of aromatic carboxylic acids is 1. The van der Waals surface area contributed by atoms with Gasteiger partial charge in [0.2, 0.25) is 0 Å². The second-order valence-electron chi connectivity index (χ2n) is 15.1. The van der Waals surface area contributed by atoms with Crippen molar-refractivity contribution in [2.45, 2.75) is 135 Å². The Morgan fingerprint density at radius 1 is 0.603 bits per heavy atom. The highest BCUT2D eigenvalue weighted by Crippen LogP contribution is 2.23. The van der Waals surface area contributed by atoms with Gasteiger partial charge in [0.05, 0.1) is 5.56 Å². The molecule has 0 bridgehead atoms. The monoisotopic (exact) mass is 981 g/mol. The molecule has 2 aromatic carbocycles. The summed E-state index contributed by atoms with van der Waals surface area (Å²) >= 11 is 1.58. The lowest BCUT2D eigenvalue weighted by Crippen LogP contribution is -2.32. The molecule has 0 aliphatic rings. The van der Waals surface area contributed by atoms with Gasteiger partial charge in [0.1, 0.15) is 29.9 Å². The molecule has 0 spiro atoms. The first-order chi connectivity index (χ1) is 31.6. The lowest BCUT2D eigenvalue weighted by molar-refractivity contribution is -0.141. The summed E-state index contributed by atoms with van der Waals surface area (Å²) in [6, 6.07) is 10.1. The van der Waals surface area contributed by atoms with Crippen molar-refractivity contribution in [1.82, 2.24) is 0 Å². The minimum Gasteiger partial charge on any atom is -0.508 e. The molecule has 2 rings (SSSR count). The fourth-order valence-corrected chi connectivity index (χ4v) is 5.42. The van der Waals surface area contributed by atoms with Crippen molar-refractivity contribution in [2.75, 3.05) is 12.3 Å². The van der Waals surface area contributed by atoms with E-state index in [0.29, 0.717) is 18.5 Å². The number of phenolic OH excluding ortho intramolecular Hbond substituents is 1. The van der Waals surface area contributed by atoms with Crippen LogP contribution >= 0.6 is 11.8 Å². The molecule has 0 radical (unpaired) electrons. The van der Waals surface area contributed by atoms with Crippen LogP contribution in [0.1, 0.15) is 115 Å². The molecule has 0 unspecified atom stereocenters. The molecule has 0 fully saturated rings. The smallest absolute Gasteiger partial charge is 0.336 e. The van der Waals surface area contributed by atoms with Gasteiger partial charge in [0.25, 0.3) is 5.97 Å². The standard InChI is InChI=1S/C22H30O2S.C9H11NO3.C6H14N2O2.C5H9NO4.C3H7NO2.C2H4O2/c1-17(2)9-7-10-18(3)11-8-12-19(4)15-16-25-21-14-6-5-13-20(21)22(23)24;10-8(9(12)13)5-6-1-3-7(11)4-2-6;7-4-2-1-3-5(8)6(9)10;6-3(5(9)10)1-2-4(7)8;1-2(4)3(5)6;1-2(3)4/h5-6,9,11,13-15H,7-8,10,12,16H2,1-4H3,(H,23,24);1-4,8,11H,5,10H2,(H,12,13);5H,1-4,7-8H2,(H,9,10);3H,1-2,6H2,(H,7,8)(H,9,10);2H,4H2,1H3,(H,5,6);1H3,(H,3,4)/b18-11+,19-15+;;;;;/t;8-;5-;3-;2-;/m.0000./s1. The highest BCUT2D eigenvalue weighted by atomic mass is 32.2. The third-order valence-corrected chi connectivity index (χ3v) is 9.28. The predicted molar refractivity (Wildman–Crippen MR) is 263 cm³/mol. The molecule has 384 valence electrons. The summed E-state index contributed by atoms with van der Waals surface area (Å²) in [6.45, 7) is 11.7. The number of carboxylic acid groups (broad SMARTS) is 7. The van der Waals surface area contributed by atoms with Gasteiger partial charge in [-0.15, -0.1) is 11.8 Å². The van der Waals surface area contributed by atoms with Crippen LogP contribution in [0.15, 0.2) is 88.4 Å². The van der Waals surface area contributed by atoms with Crippen molar-refractivity contribution in [2.24, 2.45) is 28.7 Å². The van der Waals surface area contributed by atoms with Gasteiger partial charge in [-0.1, -0.05) is 65.6 Å². The number of aliphatic carboxylic acids is 6. The van der Waals surface area contributed by atoms with Crippen LogP contribution in [0, 0.1) is 0 Å². The number of unbranched alkanes of at least 4 members (excludes halogenated alkanes) is 1. The molecule has 0 aliphatic heterocycles. The number of benzene rings is 2. The highest BCUT2D eigenvalue weighted by Gasteiger charge is 2.13. The fraction of sp³-hybridized carbons (Fsp3) is 0.468. The number of hydrogen-bond acceptors (Lipinski definition) is 14. The van der Waals surface area contributed by atoms with E-state index in [1.54, 1.807) is 36.0 Å². The Hall–Kier alpha value is -6.10. The third kappa shape index (κ3) is 46.4. The number of rotatable bonds is 23. The maximum Gasteiger partial charge on any atom is 0.336 e. The van der Waals surface area contributed by atoms with Gasteiger partial charge in [0.15, 0.2) is 0 Å². The van der Waals surface area contributed by atoms with Crippen molar-refractivity contribution in [3.8, 4) is 5.75 Å². The van der Waals surface area contributed by atoms with E-state index < -0.39 is 66.0 Å². The number of phenols is 1. The maximum atomic E-state index is 11.2. The number of thioether (sulfide) groups is 1. The third-order valence-electron chi connectivity index (χ3n) is 8.28. The van der Waals surface area contributed by atoms with E-state index in [4.69, 9.17) is 69.2 Å². The minimum absolute atomic E-state index is 0.0231. The number of hydrogen-bond donors (Lipinski definition) is 13. The lowest BCUT2D eigenvalue weighted by Gasteiger charge is -2.05. The summed E-state index contributed by atoms with van der Waals surface area (Å²) in [5.41, 5.74) is 31.0. The van der Waals surface area contributed by atoms with Crippen molar-refractivity contribution < 1.29 is 74.4 Å². The Morgan fingerprint density at radius 3 is 1.49 bits per heavy atom. The van der Waals surface area contributed by atoms with E-state index >= 15 is 0 Å². The van der Waals surface area contributed by atoms with Gasteiger partial charge in [-0.3, -0.25) is 28.8 Å². The van der Waals surface area contributed by atoms with Crippen LogP contribution in [0.4, 0.5) is 0 Å². The topological polar surface area (TPSA) is 411 Å². The normalized spacial score (nSPS) is 12.2. The SMILES string of the molecule is CC(=O)O.CC(C)=CCC/C(C)=C/CC/C(C)=C/CSc1ccccc1C(=O)O.C[C@H](N)C(=O)O.NCCCC[C@H](N)C(=O)O.N[C@@H](CCC(=O)O)C(=O)O.N[C@@H](Cc1ccc(O)cc1)C(=O)O. The summed E-state index contributed by atoms with van der Waals surface area (Å²) in [7, 11) is 0. The number of carbonyl (C=O) groups is 7. The number of carboxylic acids is 7. The number of allylic oxidation sites excluding steroid dienone is 5. The zero-order valence-corrected chi connectivity index (χ0v) is 40.7. The summed E-state index contributed by atoms with van der Waals surface area (Å²) < 4.78 is 0. The molecule has 18 N–H and O–H groups in total. The van der Waals surface area contributed by atoms with Crippen molar-refractivity contribution >= 4 is 53.5 Å². The van der Waals surface area contributed by atoms with Gasteiger partial charge < -0.3 is 69.5 Å². The van der Waals surface area contributed by atoms with Crippen LogP contribution in [0.3, 0.4) is 0 Å². The Morgan fingerprint density at radius 2 is 1.06 bits per heavy atom. The van der Waals surface area contributed by atoms with Crippen LogP contribution in [0.5, 0.6) is 5.75 Å². The van der Waals surface area contributed by atoms with Crippen LogP contribution < -0.4 is 28.7 Å². The Bertz CT molecular complexity index is 1880. The lowest BCUT2D eigenvalue weighted by atomic mass is 10.1. The quantitative estimate of drug-likeness (QED) is 0.0369. The van der Waals surface area contributed by atoms with E-state index in [0.717, 1.165) is 61.7 Å². The summed E-state index contributed by atoms with van der Waals surface area (Å²) in [4.78, 5) is 71.0. The molecule has 0 heterocycles. The van der Waals surface area contributed by atoms with Gasteiger partial charge in [-0.05, 0) is 122 Å². The van der Waals surface area contributed by atoms with E-state index in [2.05, 4.69) is 45.9 Å². The van der Waals surface area contributed by atoms with Gasteiger partial charge in [0, 0.05) is 24.0 Å². The van der Waals surface area contributed by atoms with Crippen LogP contribution in [0.2, 0.25) is 0 Å². The van der Waals surface area contributed by atoms with E-state index in [1.807, 2.05) is 12.1 Å². The van der Waals surface area contributed by atoms with Gasteiger partial charge in [-0.25, -0.2) is 4.79 Å². The zero-order valence-electron chi connectivity index (χ0n) is 39.9. The van der Waals surface area contributed by atoms with Crippen LogP contribution in [0.25, 0.3) is 0 Å². The molecule has 0 aliphatic carbocycles. The van der Waals surface area contributed by atoms with Crippen molar-refractivity contribution in [3.05, 3.63) is 94.6 Å².